The van der Waals surface area contributed by atoms with E-state index in [1.807, 2.05) is 18.2 Å². The van der Waals surface area contributed by atoms with Crippen LogP contribution in [0.4, 0.5) is 0 Å². The van der Waals surface area contributed by atoms with Crippen molar-refractivity contribution in [3.05, 3.63) is 41.6 Å². The first kappa shape index (κ1) is 13.8. The predicted octanol–water partition coefficient (Wildman–Crippen LogP) is 3.79. The second-order valence-electron chi connectivity index (χ2n) is 5.76. The first-order valence-corrected chi connectivity index (χ1v) is 6.79. The Kier molecular flexibility index (Phi) is 4.05. The van der Waals surface area contributed by atoms with Gasteiger partial charge < -0.3 is 9.84 Å². The van der Waals surface area contributed by atoms with E-state index in [1.54, 1.807) is 0 Å². The molecule has 0 bridgehead atoms. The summed E-state index contributed by atoms with van der Waals surface area (Å²) in [6.07, 6.45) is 0.925. The Bertz CT molecular complexity index is 523. The van der Waals surface area contributed by atoms with Gasteiger partial charge in [-0.2, -0.15) is 0 Å². The molecule has 0 fully saturated rings. The Balaban J connectivity index is 2.26. The molecule has 1 heterocycles. The highest BCUT2D eigenvalue weighted by atomic mass is 16.5. The van der Waals surface area contributed by atoms with Gasteiger partial charge in [0.2, 0.25) is 0 Å². The number of hydrogen-bond donors (Lipinski definition) is 1. The summed E-state index contributed by atoms with van der Waals surface area (Å²) in [5.74, 6) is 0.897. The monoisotopic (exact) mass is 258 g/mol. The van der Waals surface area contributed by atoms with Crippen molar-refractivity contribution < 1.29 is 4.52 Å². The van der Waals surface area contributed by atoms with Crippen LogP contribution in [-0.2, 0) is 13.0 Å². The lowest BCUT2D eigenvalue weighted by atomic mass is 10.0. The molecular weight excluding hydrogens is 236 g/mol. The van der Waals surface area contributed by atoms with Crippen LogP contribution in [0, 0.1) is 0 Å². The van der Waals surface area contributed by atoms with Crippen molar-refractivity contribution >= 4 is 0 Å². The van der Waals surface area contributed by atoms with E-state index in [9.17, 15) is 0 Å². The summed E-state index contributed by atoms with van der Waals surface area (Å²) < 4.78 is 5.55. The molecule has 2 aromatic rings. The van der Waals surface area contributed by atoms with Gasteiger partial charge in [-0.3, -0.25) is 0 Å². The molecule has 0 unspecified atom stereocenters. The van der Waals surface area contributed by atoms with Gasteiger partial charge in [0, 0.05) is 23.2 Å². The maximum absolute atomic E-state index is 5.55. The molecule has 0 aliphatic heterocycles. The highest BCUT2D eigenvalue weighted by Gasteiger charge is 2.17. The van der Waals surface area contributed by atoms with Crippen LogP contribution in [0.3, 0.4) is 0 Å². The fourth-order valence-corrected chi connectivity index (χ4v) is 2.01. The smallest absolute Gasteiger partial charge is 0.170 e. The average Bonchev–Trinajstić information content (AvgIpc) is 2.79. The molecule has 1 N–H and O–H groups in total. The fourth-order valence-electron chi connectivity index (χ4n) is 2.01. The predicted molar refractivity (Wildman–Crippen MR) is 77.9 cm³/mol. The zero-order valence-corrected chi connectivity index (χ0v) is 12.2. The molecular formula is C16H22N2O. The van der Waals surface area contributed by atoms with Gasteiger partial charge in [0.05, 0.1) is 0 Å². The first-order valence-electron chi connectivity index (χ1n) is 6.79. The van der Waals surface area contributed by atoms with Gasteiger partial charge in [-0.15, -0.1) is 0 Å². The van der Waals surface area contributed by atoms with Crippen LogP contribution in [0.5, 0.6) is 0 Å². The third-order valence-corrected chi connectivity index (χ3v) is 3.05. The van der Waals surface area contributed by atoms with Crippen LogP contribution in [0.15, 0.2) is 34.9 Å². The lowest BCUT2D eigenvalue weighted by Crippen LogP contribution is -2.35. The first-order chi connectivity index (χ1) is 9.01. The summed E-state index contributed by atoms with van der Waals surface area (Å²) in [7, 11) is 0. The van der Waals surface area contributed by atoms with Crippen molar-refractivity contribution in [2.45, 2.75) is 46.2 Å². The van der Waals surface area contributed by atoms with Crippen LogP contribution in [0.1, 0.15) is 39.0 Å². The van der Waals surface area contributed by atoms with Gasteiger partial charge in [-0.05, 0) is 27.2 Å². The molecule has 19 heavy (non-hydrogen) atoms. The lowest BCUT2D eigenvalue weighted by molar-refractivity contribution is 0.392. The molecule has 102 valence electrons. The number of nitrogens with zero attached hydrogens (tertiary/aromatic N) is 1. The van der Waals surface area contributed by atoms with Crippen molar-refractivity contribution in [3.63, 3.8) is 0 Å². The van der Waals surface area contributed by atoms with Crippen molar-refractivity contribution in [1.82, 2.24) is 10.5 Å². The number of hydrogen-bond acceptors (Lipinski definition) is 3. The molecule has 0 spiro atoms. The number of nitrogens with one attached hydrogen (secondary N) is 1. The summed E-state index contributed by atoms with van der Waals surface area (Å²) >= 11 is 0. The quantitative estimate of drug-likeness (QED) is 0.906. The Labute approximate surface area is 115 Å². The van der Waals surface area contributed by atoms with E-state index in [-0.39, 0.29) is 5.54 Å². The van der Waals surface area contributed by atoms with E-state index >= 15 is 0 Å². The molecule has 0 atom stereocenters. The minimum absolute atomic E-state index is 0.0802. The zero-order chi connectivity index (χ0) is 13.9. The standard InChI is InChI=1S/C16H22N2O/c1-5-13-14(11-17-16(2,3)4)18-19-15(13)12-9-7-6-8-10-12/h6-10,17H,5,11H2,1-4H3. The molecule has 0 aliphatic carbocycles. The number of benzene rings is 1. The van der Waals surface area contributed by atoms with E-state index in [1.165, 1.54) is 5.56 Å². The molecule has 3 nitrogen and oxygen atoms in total. The summed E-state index contributed by atoms with van der Waals surface area (Å²) in [6, 6.07) is 10.2. The average molecular weight is 258 g/mol. The molecule has 1 aromatic carbocycles. The Morgan fingerprint density at radius 2 is 1.84 bits per heavy atom. The molecule has 2 rings (SSSR count). The molecule has 0 saturated heterocycles. The van der Waals surface area contributed by atoms with E-state index in [2.05, 4.69) is 50.3 Å². The Morgan fingerprint density at radius 3 is 2.42 bits per heavy atom. The van der Waals surface area contributed by atoms with Gasteiger partial charge in [-0.25, -0.2) is 0 Å². The van der Waals surface area contributed by atoms with Crippen molar-refractivity contribution in [3.8, 4) is 11.3 Å². The second-order valence-corrected chi connectivity index (χ2v) is 5.76. The Hall–Kier alpha value is -1.61. The summed E-state index contributed by atoms with van der Waals surface area (Å²) in [4.78, 5) is 0. The van der Waals surface area contributed by atoms with Gasteiger partial charge >= 0.3 is 0 Å². The zero-order valence-electron chi connectivity index (χ0n) is 12.2. The fraction of sp³-hybridized carbons (Fsp3) is 0.438. The van der Waals surface area contributed by atoms with E-state index < -0.39 is 0 Å². The van der Waals surface area contributed by atoms with Crippen LogP contribution in [0.25, 0.3) is 11.3 Å². The normalized spacial score (nSPS) is 11.8. The number of aromatic nitrogens is 1. The van der Waals surface area contributed by atoms with E-state index in [0.29, 0.717) is 0 Å². The summed E-state index contributed by atoms with van der Waals surface area (Å²) in [6.45, 7) is 9.33. The summed E-state index contributed by atoms with van der Waals surface area (Å²) in [5.41, 5.74) is 3.38. The Morgan fingerprint density at radius 1 is 1.16 bits per heavy atom. The molecule has 1 aromatic heterocycles. The maximum Gasteiger partial charge on any atom is 0.170 e. The SMILES string of the molecule is CCc1c(CNC(C)(C)C)noc1-c1ccccc1. The van der Waals surface area contributed by atoms with E-state index in [0.717, 1.165) is 30.0 Å². The van der Waals surface area contributed by atoms with Crippen molar-refractivity contribution in [1.29, 1.82) is 0 Å². The third kappa shape index (κ3) is 3.44. The highest BCUT2D eigenvalue weighted by Crippen LogP contribution is 2.26. The third-order valence-electron chi connectivity index (χ3n) is 3.05. The van der Waals surface area contributed by atoms with Crippen LogP contribution >= 0.6 is 0 Å². The molecule has 0 aliphatic rings. The molecule has 0 amide bonds. The minimum atomic E-state index is 0.0802. The second kappa shape index (κ2) is 5.57. The van der Waals surface area contributed by atoms with E-state index in [4.69, 9.17) is 4.52 Å². The maximum atomic E-state index is 5.55. The van der Waals surface area contributed by atoms with Gasteiger partial charge in [0.25, 0.3) is 0 Å². The summed E-state index contributed by atoms with van der Waals surface area (Å²) in [5, 5.41) is 7.68. The van der Waals surface area contributed by atoms with Crippen molar-refractivity contribution in [2.24, 2.45) is 0 Å². The van der Waals surface area contributed by atoms with Gasteiger partial charge in [0.1, 0.15) is 5.69 Å². The largest absolute Gasteiger partial charge is 0.356 e. The molecule has 3 heteroatoms. The van der Waals surface area contributed by atoms with Gasteiger partial charge in [-0.1, -0.05) is 42.4 Å². The van der Waals surface area contributed by atoms with Crippen LogP contribution < -0.4 is 5.32 Å². The number of rotatable bonds is 4. The lowest BCUT2D eigenvalue weighted by Gasteiger charge is -2.19. The highest BCUT2D eigenvalue weighted by molar-refractivity contribution is 5.61. The topological polar surface area (TPSA) is 38.1 Å². The van der Waals surface area contributed by atoms with Crippen LogP contribution in [-0.4, -0.2) is 10.7 Å². The molecule has 0 radical (unpaired) electrons. The molecule has 0 saturated carbocycles. The van der Waals surface area contributed by atoms with Crippen LogP contribution in [0.2, 0.25) is 0 Å². The van der Waals surface area contributed by atoms with Gasteiger partial charge in [0.15, 0.2) is 5.76 Å². The van der Waals surface area contributed by atoms with Crippen molar-refractivity contribution in [2.75, 3.05) is 0 Å². The minimum Gasteiger partial charge on any atom is -0.356 e.